The van der Waals surface area contributed by atoms with Crippen LogP contribution in [0.5, 0.6) is 0 Å². The van der Waals surface area contributed by atoms with Gasteiger partial charge in [0.05, 0.1) is 11.4 Å². The number of fused-ring (bicyclic) bond motifs is 8. The van der Waals surface area contributed by atoms with Crippen LogP contribution in [0.2, 0.25) is 0 Å². The van der Waals surface area contributed by atoms with E-state index in [4.69, 9.17) is 0 Å². The van der Waals surface area contributed by atoms with E-state index in [1.807, 2.05) is 0 Å². The molecular weight excluding hydrogens is 747 g/mol. The van der Waals surface area contributed by atoms with Crippen molar-refractivity contribution in [2.45, 2.75) is 33.1 Å². The van der Waals surface area contributed by atoms with E-state index in [1.165, 1.54) is 121 Å². The summed E-state index contributed by atoms with van der Waals surface area (Å²) in [4.78, 5) is 2.47. The van der Waals surface area contributed by atoms with E-state index in [-0.39, 0.29) is 5.41 Å². The lowest BCUT2D eigenvalue weighted by atomic mass is 9.80. The Morgan fingerprint density at radius 3 is 1.35 bits per heavy atom. The summed E-state index contributed by atoms with van der Waals surface area (Å²) in [6.45, 7) is 9.15. The minimum Gasteiger partial charge on any atom is -0.309 e. The van der Waals surface area contributed by atoms with Crippen LogP contribution in [0.15, 0.2) is 200 Å². The average molecular weight is 792 g/mol. The second-order valence-electron chi connectivity index (χ2n) is 17.7. The highest BCUT2D eigenvalue weighted by Gasteiger charge is 2.35. The van der Waals surface area contributed by atoms with Crippen molar-refractivity contribution in [1.29, 1.82) is 0 Å². The Morgan fingerprint density at radius 2 is 0.774 bits per heavy atom. The lowest BCUT2D eigenvalue weighted by Crippen LogP contribution is -2.14. The molecule has 0 bridgehead atoms. The van der Waals surface area contributed by atoms with E-state index in [2.05, 4.69) is 233 Å². The molecular formula is C61H45N. The molecule has 0 amide bonds. The molecule has 11 aromatic carbocycles. The van der Waals surface area contributed by atoms with Gasteiger partial charge in [0, 0.05) is 21.9 Å². The normalized spacial score (nSPS) is 13.0. The van der Waals surface area contributed by atoms with Gasteiger partial charge in [0.15, 0.2) is 0 Å². The van der Waals surface area contributed by atoms with Crippen LogP contribution in [0.4, 0.5) is 17.1 Å². The number of benzene rings is 11. The minimum absolute atomic E-state index is 0.0721. The van der Waals surface area contributed by atoms with Gasteiger partial charge in [-0.3, -0.25) is 0 Å². The van der Waals surface area contributed by atoms with E-state index in [1.54, 1.807) is 0 Å². The highest BCUT2D eigenvalue weighted by Crippen LogP contribution is 2.52. The molecule has 0 aromatic heterocycles. The summed E-state index contributed by atoms with van der Waals surface area (Å²) < 4.78 is 0. The van der Waals surface area contributed by atoms with Gasteiger partial charge in [-0.05, 0) is 149 Å². The smallest absolute Gasteiger partial charge is 0.0540 e. The Hall–Kier alpha value is -7.48. The summed E-state index contributed by atoms with van der Waals surface area (Å²) in [6.07, 6.45) is 0. The fourth-order valence-electron chi connectivity index (χ4n) is 10.8. The summed E-state index contributed by atoms with van der Waals surface area (Å²) in [5.41, 5.74) is 16.5. The molecule has 0 unspecified atom stereocenters. The Bertz CT molecular complexity index is 3500. The second-order valence-corrected chi connectivity index (χ2v) is 17.7. The summed E-state index contributed by atoms with van der Waals surface area (Å²) in [6, 6.07) is 74.9. The third-order valence-electron chi connectivity index (χ3n) is 13.9. The summed E-state index contributed by atoms with van der Waals surface area (Å²) >= 11 is 0. The summed E-state index contributed by atoms with van der Waals surface area (Å²) in [7, 11) is 0. The fourth-order valence-corrected chi connectivity index (χ4v) is 10.8. The predicted octanol–water partition coefficient (Wildman–Crippen LogP) is 17.2. The predicted molar refractivity (Wildman–Crippen MR) is 267 cm³/mol. The van der Waals surface area contributed by atoms with Crippen molar-refractivity contribution in [3.63, 3.8) is 0 Å². The molecule has 0 saturated carbocycles. The molecule has 1 nitrogen and oxygen atoms in total. The van der Waals surface area contributed by atoms with Crippen LogP contribution in [-0.4, -0.2) is 0 Å². The first kappa shape index (κ1) is 36.4. The molecule has 62 heavy (non-hydrogen) atoms. The van der Waals surface area contributed by atoms with Crippen LogP contribution >= 0.6 is 0 Å². The lowest BCUT2D eigenvalue weighted by Gasteiger charge is -2.29. The zero-order valence-corrected chi connectivity index (χ0v) is 35.5. The third-order valence-corrected chi connectivity index (χ3v) is 13.9. The van der Waals surface area contributed by atoms with Crippen molar-refractivity contribution >= 4 is 70.9 Å². The molecule has 1 heteroatoms. The van der Waals surface area contributed by atoms with Crippen molar-refractivity contribution in [3.8, 4) is 33.4 Å². The van der Waals surface area contributed by atoms with E-state index in [9.17, 15) is 0 Å². The maximum Gasteiger partial charge on any atom is 0.0540 e. The van der Waals surface area contributed by atoms with Gasteiger partial charge in [-0.15, -0.1) is 0 Å². The average Bonchev–Trinajstić information content (AvgIpc) is 3.54. The minimum atomic E-state index is -0.0721. The van der Waals surface area contributed by atoms with Crippen molar-refractivity contribution in [2.24, 2.45) is 0 Å². The molecule has 0 fully saturated rings. The maximum absolute atomic E-state index is 2.47. The highest BCUT2D eigenvalue weighted by atomic mass is 15.1. The topological polar surface area (TPSA) is 3.24 Å². The van der Waals surface area contributed by atoms with Crippen molar-refractivity contribution in [2.75, 3.05) is 4.90 Å². The van der Waals surface area contributed by atoms with Gasteiger partial charge in [-0.25, -0.2) is 0 Å². The SMILES string of the molecule is Cc1ccc(N(c2ccc3cc(-c4c5ccccc5c(-c5ccc6c(c5)C(C)(C)c5ccccc5-6)c5ccccc45)ccc3c2)c2ccc(C)c3ccccc23)c2ccccc12. The van der Waals surface area contributed by atoms with Crippen LogP contribution < -0.4 is 4.90 Å². The Kier molecular flexibility index (Phi) is 8.08. The van der Waals surface area contributed by atoms with E-state index in [0.29, 0.717) is 0 Å². The number of hydrogen-bond acceptors (Lipinski definition) is 1. The van der Waals surface area contributed by atoms with Gasteiger partial charge >= 0.3 is 0 Å². The van der Waals surface area contributed by atoms with Crippen molar-refractivity contribution in [1.82, 2.24) is 0 Å². The standard InChI is InChI=1S/C61H45N/c1-38-25-33-57(49-18-7-5-15-45(38)49)62(58-34-26-39(2)46-16-6-8-19-50(46)58)44-31-29-40-35-42(28-27-41(40)36-44)59-51-20-9-11-22-53(51)60(54-23-12-10-21-52(54)59)43-30-32-48-47-17-13-14-24-55(47)61(3,4)56(48)37-43/h5-37H,1-4H3. The molecule has 0 aliphatic heterocycles. The summed E-state index contributed by atoms with van der Waals surface area (Å²) in [5, 5.41) is 12.5. The van der Waals surface area contributed by atoms with E-state index >= 15 is 0 Å². The quantitative estimate of drug-likeness (QED) is 0.157. The van der Waals surface area contributed by atoms with Gasteiger partial charge in [0.2, 0.25) is 0 Å². The zero-order chi connectivity index (χ0) is 41.7. The van der Waals surface area contributed by atoms with Crippen molar-refractivity contribution < 1.29 is 0 Å². The third kappa shape index (κ3) is 5.41. The van der Waals surface area contributed by atoms with Crippen molar-refractivity contribution in [3.05, 3.63) is 222 Å². The van der Waals surface area contributed by atoms with Gasteiger partial charge in [-0.1, -0.05) is 178 Å². The fraction of sp³-hybridized carbons (Fsp3) is 0.0820. The molecule has 0 heterocycles. The Morgan fingerprint density at radius 1 is 0.339 bits per heavy atom. The number of rotatable bonds is 5. The molecule has 294 valence electrons. The molecule has 1 aliphatic carbocycles. The molecule has 0 spiro atoms. The van der Waals surface area contributed by atoms with E-state index in [0.717, 1.165) is 5.69 Å². The molecule has 11 aromatic rings. The largest absolute Gasteiger partial charge is 0.309 e. The highest BCUT2D eigenvalue weighted by molar-refractivity contribution is 6.22. The number of anilines is 3. The van der Waals surface area contributed by atoms with Gasteiger partial charge in [-0.2, -0.15) is 0 Å². The second kappa shape index (κ2) is 13.8. The molecule has 0 radical (unpaired) electrons. The van der Waals surface area contributed by atoms with Crippen LogP contribution in [0, 0.1) is 13.8 Å². The monoisotopic (exact) mass is 791 g/mol. The Balaban J connectivity index is 1.03. The lowest BCUT2D eigenvalue weighted by molar-refractivity contribution is 0.660. The summed E-state index contributed by atoms with van der Waals surface area (Å²) in [5.74, 6) is 0. The first-order chi connectivity index (χ1) is 30.3. The van der Waals surface area contributed by atoms with Crippen LogP contribution in [0.3, 0.4) is 0 Å². The molecule has 0 saturated heterocycles. The van der Waals surface area contributed by atoms with Gasteiger partial charge < -0.3 is 4.90 Å². The zero-order valence-electron chi connectivity index (χ0n) is 35.5. The molecule has 12 rings (SSSR count). The van der Waals surface area contributed by atoms with Gasteiger partial charge in [0.1, 0.15) is 0 Å². The molecule has 0 atom stereocenters. The first-order valence-corrected chi connectivity index (χ1v) is 21.8. The number of nitrogens with zero attached hydrogens (tertiary/aromatic N) is 1. The molecule has 0 N–H and O–H groups in total. The van der Waals surface area contributed by atoms with Crippen LogP contribution in [-0.2, 0) is 5.41 Å². The molecule has 1 aliphatic rings. The first-order valence-electron chi connectivity index (χ1n) is 21.8. The number of hydrogen-bond donors (Lipinski definition) is 0. The van der Waals surface area contributed by atoms with E-state index < -0.39 is 0 Å². The van der Waals surface area contributed by atoms with Crippen LogP contribution in [0.25, 0.3) is 87.2 Å². The van der Waals surface area contributed by atoms with Crippen LogP contribution in [0.1, 0.15) is 36.1 Å². The Labute approximate surface area is 363 Å². The van der Waals surface area contributed by atoms with Gasteiger partial charge in [0.25, 0.3) is 0 Å². The number of aryl methyl sites for hydroxylation is 2. The maximum atomic E-state index is 2.47.